The zero-order valence-electron chi connectivity index (χ0n) is 17.1. The molecule has 1 aliphatic heterocycles. The molecule has 1 heterocycles. The molecule has 1 aromatic rings. The van der Waals surface area contributed by atoms with Crippen molar-refractivity contribution in [2.75, 3.05) is 13.7 Å². The summed E-state index contributed by atoms with van der Waals surface area (Å²) in [5, 5.41) is 0.209. The zero-order chi connectivity index (χ0) is 22.3. The first-order chi connectivity index (χ1) is 14.2. The first kappa shape index (κ1) is 23.7. The molecule has 0 radical (unpaired) electrons. The lowest BCUT2D eigenvalue weighted by atomic mass is 9.98. The normalized spacial score (nSPS) is 25.7. The van der Waals surface area contributed by atoms with Crippen LogP contribution in [0.4, 0.5) is 0 Å². The maximum atomic E-state index is 11.7. The van der Waals surface area contributed by atoms with Crippen LogP contribution in [0, 0.1) is 0 Å². The van der Waals surface area contributed by atoms with Crippen LogP contribution in [-0.2, 0) is 42.8 Å². The summed E-state index contributed by atoms with van der Waals surface area (Å²) in [6, 6.07) is 9.03. The molecule has 1 saturated heterocycles. The molecule has 10 heteroatoms. The number of carbonyl (C=O) groups is 3. The quantitative estimate of drug-likeness (QED) is 0.352. The third-order valence-electron chi connectivity index (χ3n) is 4.12. The van der Waals surface area contributed by atoms with E-state index in [2.05, 4.69) is 0 Å². The number of methoxy groups -OCH3 is 1. The highest BCUT2D eigenvalue weighted by molar-refractivity contribution is 7.80. The maximum Gasteiger partial charge on any atom is 0.303 e. The van der Waals surface area contributed by atoms with E-state index in [0.29, 0.717) is 5.56 Å². The fraction of sp³-hybridized carbons (Fsp3) is 0.500. The van der Waals surface area contributed by atoms with E-state index in [1.54, 1.807) is 12.1 Å². The highest BCUT2D eigenvalue weighted by Crippen LogP contribution is 2.29. The van der Waals surface area contributed by atoms with Gasteiger partial charge in [-0.15, -0.1) is 0 Å². The lowest BCUT2D eigenvalue weighted by molar-refractivity contribution is -0.301. The average Bonchev–Trinajstić information content (AvgIpc) is 2.69. The predicted octanol–water partition coefficient (Wildman–Crippen LogP) is 1.55. The van der Waals surface area contributed by atoms with Crippen molar-refractivity contribution in [3.8, 4) is 0 Å². The van der Waals surface area contributed by atoms with Crippen molar-refractivity contribution in [1.29, 1.82) is 0 Å². The van der Waals surface area contributed by atoms with Gasteiger partial charge in [0.2, 0.25) is 0 Å². The highest BCUT2D eigenvalue weighted by atomic mass is 32.1. The van der Waals surface area contributed by atoms with Gasteiger partial charge in [0.25, 0.3) is 0 Å². The molecule has 9 nitrogen and oxygen atoms in total. The van der Waals surface area contributed by atoms with Gasteiger partial charge in [-0.1, -0.05) is 30.3 Å². The van der Waals surface area contributed by atoms with E-state index in [4.69, 9.17) is 40.6 Å². The molecule has 0 aromatic heterocycles. The van der Waals surface area contributed by atoms with E-state index < -0.39 is 48.6 Å². The zero-order valence-corrected chi connectivity index (χ0v) is 17.9. The minimum atomic E-state index is -1.17. The molecule has 0 bridgehead atoms. The Hall–Kier alpha value is -2.56. The van der Waals surface area contributed by atoms with Gasteiger partial charge >= 0.3 is 17.9 Å². The molecule has 1 aliphatic rings. The topological polar surface area (TPSA) is 107 Å². The van der Waals surface area contributed by atoms with Crippen molar-refractivity contribution >= 4 is 35.2 Å². The summed E-state index contributed by atoms with van der Waals surface area (Å²) in [6.07, 6.45) is -5.47. The Morgan fingerprint density at radius 3 is 1.97 bits per heavy atom. The van der Waals surface area contributed by atoms with Gasteiger partial charge in [-0.3, -0.25) is 14.4 Å². The number of thiocarbonyl (C=S) groups is 1. The summed E-state index contributed by atoms with van der Waals surface area (Å²) < 4.78 is 32.7. The van der Waals surface area contributed by atoms with Crippen LogP contribution in [0.15, 0.2) is 30.3 Å². The first-order valence-electron chi connectivity index (χ1n) is 9.15. The summed E-state index contributed by atoms with van der Waals surface area (Å²) in [4.78, 5) is 35.0. The summed E-state index contributed by atoms with van der Waals surface area (Å²) in [7, 11) is 1.34. The van der Waals surface area contributed by atoms with E-state index in [9.17, 15) is 14.4 Å². The minimum Gasteiger partial charge on any atom is -0.480 e. The summed E-state index contributed by atoms with van der Waals surface area (Å²) in [5.74, 6) is -1.95. The standard InChI is InChI=1S/C20H24O9S/c1-11(21)26-16-15(10-25-20(30)14-8-6-5-7-9-14)29-19(24-4)18(28-13(3)23)17(16)27-12(2)22/h5-9,15-19H,10H2,1-4H3/t15-,16-,17+,18-,19+/m1/s1. The third-order valence-corrected chi connectivity index (χ3v) is 4.47. The Morgan fingerprint density at radius 2 is 1.43 bits per heavy atom. The van der Waals surface area contributed by atoms with Crippen molar-refractivity contribution in [2.45, 2.75) is 51.5 Å². The number of hydrogen-bond acceptors (Lipinski definition) is 10. The summed E-state index contributed by atoms with van der Waals surface area (Å²) in [5.41, 5.74) is 0.685. The Kier molecular flexibility index (Phi) is 8.70. The van der Waals surface area contributed by atoms with Crippen LogP contribution in [0.25, 0.3) is 0 Å². The van der Waals surface area contributed by atoms with Gasteiger partial charge in [-0.2, -0.15) is 0 Å². The summed E-state index contributed by atoms with van der Waals surface area (Å²) in [6.45, 7) is 3.44. The van der Waals surface area contributed by atoms with E-state index in [1.165, 1.54) is 27.9 Å². The average molecular weight is 440 g/mol. The first-order valence-corrected chi connectivity index (χ1v) is 9.55. The van der Waals surface area contributed by atoms with Crippen molar-refractivity contribution in [3.63, 3.8) is 0 Å². The lowest BCUT2D eigenvalue weighted by Crippen LogP contribution is -2.62. The Labute approximate surface area is 179 Å². The molecule has 164 valence electrons. The second-order valence-electron chi connectivity index (χ2n) is 6.47. The molecule has 0 N–H and O–H groups in total. The molecule has 5 atom stereocenters. The molecule has 0 amide bonds. The Balaban J connectivity index is 2.27. The van der Waals surface area contributed by atoms with Crippen molar-refractivity contribution in [3.05, 3.63) is 35.9 Å². The number of benzene rings is 1. The van der Waals surface area contributed by atoms with Crippen molar-refractivity contribution in [2.24, 2.45) is 0 Å². The van der Waals surface area contributed by atoms with Crippen LogP contribution in [0.1, 0.15) is 26.3 Å². The molecule has 1 aromatic carbocycles. The largest absolute Gasteiger partial charge is 0.480 e. The summed E-state index contributed by atoms with van der Waals surface area (Å²) >= 11 is 5.28. The van der Waals surface area contributed by atoms with E-state index in [1.807, 2.05) is 18.2 Å². The van der Waals surface area contributed by atoms with Gasteiger partial charge in [0.15, 0.2) is 29.7 Å². The van der Waals surface area contributed by atoms with E-state index in [-0.39, 0.29) is 11.7 Å². The molecule has 2 rings (SSSR count). The van der Waals surface area contributed by atoms with E-state index >= 15 is 0 Å². The van der Waals surface area contributed by atoms with Crippen LogP contribution >= 0.6 is 12.2 Å². The highest BCUT2D eigenvalue weighted by Gasteiger charge is 2.52. The van der Waals surface area contributed by atoms with Gasteiger partial charge < -0.3 is 28.4 Å². The van der Waals surface area contributed by atoms with Crippen LogP contribution in [0.3, 0.4) is 0 Å². The minimum absolute atomic E-state index is 0.129. The molecule has 0 unspecified atom stereocenters. The molecule has 0 aliphatic carbocycles. The van der Waals surface area contributed by atoms with Crippen LogP contribution in [0.2, 0.25) is 0 Å². The lowest BCUT2D eigenvalue weighted by Gasteiger charge is -2.43. The van der Waals surface area contributed by atoms with Crippen molar-refractivity contribution < 1.29 is 42.8 Å². The fourth-order valence-electron chi connectivity index (χ4n) is 2.99. The monoisotopic (exact) mass is 440 g/mol. The third kappa shape index (κ3) is 6.48. The van der Waals surface area contributed by atoms with Gasteiger partial charge in [0.05, 0.1) is 0 Å². The number of esters is 3. The number of ether oxygens (including phenoxy) is 6. The molecular weight excluding hydrogens is 416 g/mol. The predicted molar refractivity (Wildman–Crippen MR) is 106 cm³/mol. The second kappa shape index (κ2) is 11.0. The van der Waals surface area contributed by atoms with Gasteiger partial charge in [-0.25, -0.2) is 0 Å². The van der Waals surface area contributed by atoms with Crippen LogP contribution in [-0.4, -0.2) is 67.4 Å². The fourth-order valence-corrected chi connectivity index (χ4v) is 3.20. The van der Waals surface area contributed by atoms with Crippen LogP contribution < -0.4 is 0 Å². The van der Waals surface area contributed by atoms with E-state index in [0.717, 1.165) is 0 Å². The molecular formula is C20H24O9S. The number of hydrogen-bond donors (Lipinski definition) is 0. The number of rotatable bonds is 7. The second-order valence-corrected chi connectivity index (χ2v) is 6.84. The maximum absolute atomic E-state index is 11.7. The van der Waals surface area contributed by atoms with Crippen molar-refractivity contribution in [1.82, 2.24) is 0 Å². The Bertz CT molecular complexity index is 767. The molecule has 0 spiro atoms. The van der Waals surface area contributed by atoms with Gasteiger partial charge in [0, 0.05) is 33.4 Å². The molecule has 30 heavy (non-hydrogen) atoms. The molecule has 0 saturated carbocycles. The SMILES string of the molecule is CO[C@H]1O[C@H](COC(=S)c2ccccc2)[C@@H](OC(C)=O)[C@H](OC(C)=O)[C@H]1OC(C)=O. The Morgan fingerprint density at radius 1 is 0.900 bits per heavy atom. The van der Waals surface area contributed by atoms with Gasteiger partial charge in [0.1, 0.15) is 12.7 Å². The molecule has 1 fully saturated rings. The number of carbonyl (C=O) groups excluding carboxylic acids is 3. The van der Waals surface area contributed by atoms with Crippen LogP contribution in [0.5, 0.6) is 0 Å². The smallest absolute Gasteiger partial charge is 0.303 e. The van der Waals surface area contributed by atoms with Gasteiger partial charge in [-0.05, 0) is 12.2 Å².